The fourth-order valence-electron chi connectivity index (χ4n) is 3.29. The van der Waals surface area contributed by atoms with E-state index in [0.29, 0.717) is 16.2 Å². The minimum atomic E-state index is -1.09. The van der Waals surface area contributed by atoms with E-state index in [1.165, 1.54) is 56.0 Å². The lowest BCUT2D eigenvalue weighted by Crippen LogP contribution is -2.30. The Labute approximate surface area is 129 Å². The predicted octanol–water partition coefficient (Wildman–Crippen LogP) is 3.73. The van der Waals surface area contributed by atoms with Crippen LogP contribution in [-0.4, -0.2) is 11.1 Å². The van der Waals surface area contributed by atoms with Crippen molar-refractivity contribution in [1.82, 2.24) is 0 Å². The van der Waals surface area contributed by atoms with Gasteiger partial charge in [0.1, 0.15) is 5.56 Å². The Bertz CT molecular complexity index is 673. The van der Waals surface area contributed by atoms with Crippen molar-refractivity contribution in [3.8, 4) is 11.3 Å². The topological polar surface area (TPSA) is 64.2 Å². The Balaban J connectivity index is 1.95. The molecule has 1 aliphatic rings. The molecule has 1 saturated carbocycles. The number of pyridine rings is 1. The summed E-state index contributed by atoms with van der Waals surface area (Å²) in [6.07, 6.45) is 7.62. The van der Waals surface area contributed by atoms with Gasteiger partial charge in [-0.25, -0.2) is 4.79 Å². The van der Waals surface area contributed by atoms with E-state index in [0.717, 1.165) is 0 Å². The summed E-state index contributed by atoms with van der Waals surface area (Å²) >= 11 is 0. The van der Waals surface area contributed by atoms with Crippen molar-refractivity contribution < 1.29 is 14.6 Å². The molecule has 22 heavy (non-hydrogen) atoms. The van der Waals surface area contributed by atoms with Crippen LogP contribution in [0.15, 0.2) is 42.6 Å². The summed E-state index contributed by atoms with van der Waals surface area (Å²) < 4.78 is 0.624. The number of rotatable bonds is 3. The van der Waals surface area contributed by atoms with Gasteiger partial charge in [0.15, 0.2) is 6.20 Å². The fraction of sp³-hybridized carbons (Fsp3) is 0.333. The maximum atomic E-state index is 12.0. The second-order valence-electron chi connectivity index (χ2n) is 5.86. The zero-order valence-electron chi connectivity index (χ0n) is 12.4. The molecule has 1 aromatic carbocycles. The van der Waals surface area contributed by atoms with E-state index in [4.69, 9.17) is 0 Å². The highest BCUT2D eigenvalue weighted by atomic mass is 16.5. The van der Waals surface area contributed by atoms with E-state index >= 15 is 0 Å². The Kier molecular flexibility index (Phi) is 4.09. The first kappa shape index (κ1) is 14.6. The van der Waals surface area contributed by atoms with Gasteiger partial charge in [0.25, 0.3) is 0 Å². The molecule has 4 heteroatoms. The Morgan fingerprint density at radius 3 is 2.41 bits per heavy atom. The van der Waals surface area contributed by atoms with Gasteiger partial charge in [-0.05, 0) is 42.5 Å². The maximum Gasteiger partial charge on any atom is 0.342 e. The fourth-order valence-corrected chi connectivity index (χ4v) is 3.29. The molecule has 2 aromatic rings. The third-order valence-electron chi connectivity index (χ3n) is 4.45. The Morgan fingerprint density at radius 1 is 1.09 bits per heavy atom. The molecule has 1 fully saturated rings. The molecule has 4 nitrogen and oxygen atoms in total. The third kappa shape index (κ3) is 2.82. The number of carboxylic acids is 1. The lowest BCUT2D eigenvalue weighted by Gasteiger charge is -2.22. The third-order valence-corrected chi connectivity index (χ3v) is 4.45. The number of carbonyl (C=O) groups is 1. The number of aromatic nitrogens is 1. The van der Waals surface area contributed by atoms with Gasteiger partial charge in [0, 0.05) is 11.6 Å². The molecule has 114 valence electrons. The van der Waals surface area contributed by atoms with E-state index in [1.54, 1.807) is 0 Å². The standard InChI is InChI=1S/C18H19NO3/c20-18(21)16-7-4-12-19(22)17(16)15-10-8-14(9-11-15)13-5-2-1-3-6-13/h4,7-13H,1-3,5-6H2,(H,20,21). The molecule has 0 atom stereocenters. The minimum Gasteiger partial charge on any atom is -0.618 e. The molecule has 0 spiro atoms. The Morgan fingerprint density at radius 2 is 1.77 bits per heavy atom. The van der Waals surface area contributed by atoms with Gasteiger partial charge in [0.2, 0.25) is 5.69 Å². The lowest BCUT2D eigenvalue weighted by molar-refractivity contribution is -0.593. The molecule has 0 amide bonds. The SMILES string of the molecule is O=C(O)c1ccc[n+]([O-])c1-c1ccc(C2CCCCC2)cc1. The molecule has 1 N–H and O–H groups in total. The van der Waals surface area contributed by atoms with Gasteiger partial charge >= 0.3 is 5.97 Å². The molecule has 1 heterocycles. The van der Waals surface area contributed by atoms with Crippen LogP contribution in [0.4, 0.5) is 0 Å². The molecule has 0 bridgehead atoms. The minimum absolute atomic E-state index is 0.0305. The number of hydrogen-bond acceptors (Lipinski definition) is 2. The molecule has 0 saturated heterocycles. The molecule has 0 unspecified atom stereocenters. The summed E-state index contributed by atoms with van der Waals surface area (Å²) in [5, 5.41) is 21.2. The lowest BCUT2D eigenvalue weighted by atomic mass is 9.84. The number of benzene rings is 1. The van der Waals surface area contributed by atoms with Crippen LogP contribution in [0.5, 0.6) is 0 Å². The predicted molar refractivity (Wildman–Crippen MR) is 83.6 cm³/mol. The largest absolute Gasteiger partial charge is 0.618 e. The maximum absolute atomic E-state index is 12.0. The molecule has 3 rings (SSSR count). The van der Waals surface area contributed by atoms with Gasteiger partial charge in [-0.2, -0.15) is 4.73 Å². The molecule has 0 radical (unpaired) electrons. The van der Waals surface area contributed by atoms with Crippen molar-refractivity contribution in [3.05, 3.63) is 58.9 Å². The van der Waals surface area contributed by atoms with E-state index in [9.17, 15) is 15.1 Å². The zero-order valence-corrected chi connectivity index (χ0v) is 12.4. The number of carboxylic acid groups (broad SMARTS) is 1. The van der Waals surface area contributed by atoms with Crippen LogP contribution in [0.25, 0.3) is 11.3 Å². The van der Waals surface area contributed by atoms with Gasteiger partial charge in [0.05, 0.1) is 0 Å². The van der Waals surface area contributed by atoms with Gasteiger partial charge in [-0.1, -0.05) is 31.4 Å². The summed E-state index contributed by atoms with van der Waals surface area (Å²) in [6.45, 7) is 0. The van der Waals surface area contributed by atoms with E-state index in [2.05, 4.69) is 0 Å². The first-order valence-corrected chi connectivity index (χ1v) is 7.72. The van der Waals surface area contributed by atoms with E-state index in [1.807, 2.05) is 24.3 Å². The summed E-state index contributed by atoms with van der Waals surface area (Å²) in [5.74, 6) is -0.492. The number of hydrogen-bond donors (Lipinski definition) is 1. The quantitative estimate of drug-likeness (QED) is 0.693. The average molecular weight is 297 g/mol. The van der Waals surface area contributed by atoms with Crippen molar-refractivity contribution in [2.24, 2.45) is 0 Å². The molecular weight excluding hydrogens is 278 g/mol. The van der Waals surface area contributed by atoms with E-state index < -0.39 is 5.97 Å². The highest BCUT2D eigenvalue weighted by Crippen LogP contribution is 2.33. The van der Waals surface area contributed by atoms with Gasteiger partial charge < -0.3 is 10.3 Å². The number of nitrogens with zero attached hydrogens (tertiary/aromatic N) is 1. The zero-order chi connectivity index (χ0) is 15.5. The highest BCUT2D eigenvalue weighted by molar-refractivity contribution is 5.93. The van der Waals surface area contributed by atoms with Crippen molar-refractivity contribution in [3.63, 3.8) is 0 Å². The molecule has 1 aliphatic carbocycles. The molecular formula is C18H19NO3. The van der Waals surface area contributed by atoms with E-state index in [-0.39, 0.29) is 11.3 Å². The monoisotopic (exact) mass is 297 g/mol. The molecule has 0 aliphatic heterocycles. The normalized spacial score (nSPS) is 15.6. The second-order valence-corrected chi connectivity index (χ2v) is 5.86. The van der Waals surface area contributed by atoms with Crippen molar-refractivity contribution >= 4 is 5.97 Å². The van der Waals surface area contributed by atoms with Gasteiger partial charge in [-0.3, -0.25) is 0 Å². The van der Waals surface area contributed by atoms with Crippen LogP contribution in [-0.2, 0) is 0 Å². The van der Waals surface area contributed by atoms with Crippen molar-refractivity contribution in [2.75, 3.05) is 0 Å². The van der Waals surface area contributed by atoms with Crippen LogP contribution in [0.2, 0.25) is 0 Å². The van der Waals surface area contributed by atoms with Crippen LogP contribution < -0.4 is 4.73 Å². The van der Waals surface area contributed by atoms with Crippen LogP contribution in [0, 0.1) is 5.21 Å². The molecule has 1 aromatic heterocycles. The Hall–Kier alpha value is -2.36. The van der Waals surface area contributed by atoms with Gasteiger partial charge in [-0.15, -0.1) is 0 Å². The summed E-state index contributed by atoms with van der Waals surface area (Å²) in [5.41, 5.74) is 2.16. The smallest absolute Gasteiger partial charge is 0.342 e. The summed E-state index contributed by atoms with van der Waals surface area (Å²) in [6, 6.07) is 10.7. The van der Waals surface area contributed by atoms with Crippen molar-refractivity contribution in [1.29, 1.82) is 0 Å². The summed E-state index contributed by atoms with van der Waals surface area (Å²) in [7, 11) is 0. The summed E-state index contributed by atoms with van der Waals surface area (Å²) in [4.78, 5) is 11.3. The number of aromatic carboxylic acids is 1. The first-order valence-electron chi connectivity index (χ1n) is 7.72. The average Bonchev–Trinajstić information content (AvgIpc) is 2.55. The first-order chi connectivity index (χ1) is 10.7. The van der Waals surface area contributed by atoms with Crippen LogP contribution in [0.1, 0.15) is 53.9 Å². The van der Waals surface area contributed by atoms with Crippen molar-refractivity contribution in [2.45, 2.75) is 38.0 Å². The van der Waals surface area contributed by atoms with Crippen LogP contribution >= 0.6 is 0 Å². The van der Waals surface area contributed by atoms with Crippen LogP contribution in [0.3, 0.4) is 0 Å². The highest BCUT2D eigenvalue weighted by Gasteiger charge is 2.21. The second kappa shape index (κ2) is 6.18.